The van der Waals surface area contributed by atoms with Crippen LogP contribution in [0.25, 0.3) is 11.0 Å². The van der Waals surface area contributed by atoms with Crippen molar-refractivity contribution in [1.29, 1.82) is 0 Å². The van der Waals surface area contributed by atoms with E-state index in [2.05, 4.69) is 31.7 Å². The summed E-state index contributed by atoms with van der Waals surface area (Å²) in [6.45, 7) is 3.13. The lowest BCUT2D eigenvalue weighted by atomic mass is 10.0. The summed E-state index contributed by atoms with van der Waals surface area (Å²) in [5.74, 6) is 0.688. The number of pyridine rings is 1. The fourth-order valence-corrected chi connectivity index (χ4v) is 2.91. The van der Waals surface area contributed by atoms with Crippen LogP contribution < -0.4 is 16.4 Å². The maximum absolute atomic E-state index is 6.16. The lowest BCUT2D eigenvalue weighted by Gasteiger charge is -2.21. The first-order valence-electron chi connectivity index (χ1n) is 8.10. The van der Waals surface area contributed by atoms with Crippen molar-refractivity contribution in [3.05, 3.63) is 58.5 Å². The summed E-state index contributed by atoms with van der Waals surface area (Å²) in [7, 11) is 1.92. The summed E-state index contributed by atoms with van der Waals surface area (Å²) in [5.41, 5.74) is 10.4. The van der Waals surface area contributed by atoms with Gasteiger partial charge in [0.05, 0.1) is 11.6 Å². The second kappa shape index (κ2) is 7.74. The first kappa shape index (κ1) is 17.5. The Bertz CT molecular complexity index is 883. The van der Waals surface area contributed by atoms with Crippen LogP contribution in [0.3, 0.4) is 0 Å². The van der Waals surface area contributed by atoms with Crippen molar-refractivity contribution in [3.8, 4) is 0 Å². The van der Waals surface area contributed by atoms with Crippen LogP contribution in [0.15, 0.2) is 36.8 Å². The molecule has 0 radical (unpaired) electrons. The van der Waals surface area contributed by atoms with Gasteiger partial charge < -0.3 is 16.4 Å². The summed E-state index contributed by atoms with van der Waals surface area (Å²) in [4.78, 5) is 13.2. The molecule has 0 aliphatic rings. The van der Waals surface area contributed by atoms with Gasteiger partial charge >= 0.3 is 0 Å². The maximum Gasteiger partial charge on any atom is 0.156 e. The number of hydrogen-bond acceptors (Lipinski definition) is 6. The number of benzene rings is 1. The molecule has 0 amide bonds. The van der Waals surface area contributed by atoms with E-state index in [1.165, 1.54) is 6.33 Å². The Kier molecular flexibility index (Phi) is 5.43. The zero-order chi connectivity index (χ0) is 17.8. The highest BCUT2D eigenvalue weighted by atomic mass is 35.5. The Morgan fingerprint density at radius 1 is 1.16 bits per heavy atom. The van der Waals surface area contributed by atoms with E-state index in [0.29, 0.717) is 12.4 Å². The van der Waals surface area contributed by atoms with Gasteiger partial charge in [-0.3, -0.25) is 4.98 Å². The maximum atomic E-state index is 6.16. The van der Waals surface area contributed by atoms with Crippen LogP contribution in [0.4, 0.5) is 5.82 Å². The van der Waals surface area contributed by atoms with Crippen LogP contribution in [0, 0.1) is 6.92 Å². The van der Waals surface area contributed by atoms with E-state index in [1.54, 1.807) is 6.20 Å². The SMILES string of the molecule is CNC[C@@H](Nc1ncnc2c(CN)ccnc12)c1ccc(Cl)c(C)c1. The lowest BCUT2D eigenvalue weighted by molar-refractivity contribution is 0.686. The van der Waals surface area contributed by atoms with Gasteiger partial charge in [0.15, 0.2) is 5.82 Å². The Morgan fingerprint density at radius 2 is 2.00 bits per heavy atom. The first-order chi connectivity index (χ1) is 12.1. The number of rotatable bonds is 6. The number of hydrogen-bond donors (Lipinski definition) is 3. The molecular weight excluding hydrogens is 336 g/mol. The van der Waals surface area contributed by atoms with E-state index in [4.69, 9.17) is 17.3 Å². The molecule has 0 spiro atoms. The van der Waals surface area contributed by atoms with Gasteiger partial charge in [-0.2, -0.15) is 0 Å². The second-order valence-electron chi connectivity index (χ2n) is 5.86. The number of anilines is 1. The molecule has 130 valence electrons. The van der Waals surface area contributed by atoms with Gasteiger partial charge in [-0.1, -0.05) is 23.7 Å². The Morgan fingerprint density at radius 3 is 2.72 bits per heavy atom. The first-order valence-corrected chi connectivity index (χ1v) is 8.47. The predicted molar refractivity (Wildman–Crippen MR) is 102 cm³/mol. The van der Waals surface area contributed by atoms with Gasteiger partial charge in [-0.15, -0.1) is 0 Å². The molecule has 0 unspecified atom stereocenters. The summed E-state index contributed by atoms with van der Waals surface area (Å²) >= 11 is 6.16. The number of aryl methyl sites for hydroxylation is 1. The summed E-state index contributed by atoms with van der Waals surface area (Å²) in [5, 5.41) is 7.45. The fourth-order valence-electron chi connectivity index (χ4n) is 2.79. The summed E-state index contributed by atoms with van der Waals surface area (Å²) < 4.78 is 0. The average Bonchev–Trinajstić information content (AvgIpc) is 2.63. The Labute approximate surface area is 151 Å². The number of halogens is 1. The number of nitrogens with two attached hydrogens (primary N) is 1. The fraction of sp³-hybridized carbons (Fsp3) is 0.278. The highest BCUT2D eigenvalue weighted by Crippen LogP contribution is 2.26. The molecule has 2 aromatic heterocycles. The molecule has 2 heterocycles. The van der Waals surface area contributed by atoms with E-state index in [-0.39, 0.29) is 6.04 Å². The van der Waals surface area contributed by atoms with Crippen molar-refractivity contribution < 1.29 is 0 Å². The largest absolute Gasteiger partial charge is 0.360 e. The van der Waals surface area contributed by atoms with Gasteiger partial charge in [-0.25, -0.2) is 9.97 Å². The zero-order valence-electron chi connectivity index (χ0n) is 14.3. The van der Waals surface area contributed by atoms with Crippen molar-refractivity contribution in [2.24, 2.45) is 5.73 Å². The molecule has 3 rings (SSSR count). The summed E-state index contributed by atoms with van der Waals surface area (Å²) in [6, 6.07) is 7.92. The monoisotopic (exact) mass is 356 g/mol. The minimum Gasteiger partial charge on any atom is -0.360 e. The van der Waals surface area contributed by atoms with Gasteiger partial charge in [0.25, 0.3) is 0 Å². The molecule has 0 fully saturated rings. The van der Waals surface area contributed by atoms with Crippen molar-refractivity contribution >= 4 is 28.5 Å². The van der Waals surface area contributed by atoms with Gasteiger partial charge in [0.2, 0.25) is 0 Å². The number of nitrogens with one attached hydrogen (secondary N) is 2. The van der Waals surface area contributed by atoms with E-state index < -0.39 is 0 Å². The van der Waals surface area contributed by atoms with Crippen LogP contribution >= 0.6 is 11.6 Å². The molecule has 7 heteroatoms. The van der Waals surface area contributed by atoms with Gasteiger partial charge in [-0.05, 0) is 42.8 Å². The van der Waals surface area contributed by atoms with Crippen LogP contribution in [-0.2, 0) is 6.54 Å². The molecule has 4 N–H and O–H groups in total. The molecule has 3 aromatic rings. The van der Waals surface area contributed by atoms with E-state index >= 15 is 0 Å². The number of aromatic nitrogens is 3. The van der Waals surface area contributed by atoms with E-state index in [0.717, 1.165) is 39.3 Å². The molecule has 25 heavy (non-hydrogen) atoms. The number of nitrogens with zero attached hydrogens (tertiary/aromatic N) is 3. The minimum absolute atomic E-state index is 0.0161. The van der Waals surface area contributed by atoms with E-state index in [1.807, 2.05) is 32.2 Å². The van der Waals surface area contributed by atoms with E-state index in [9.17, 15) is 0 Å². The molecule has 0 saturated heterocycles. The van der Waals surface area contributed by atoms with Crippen LogP contribution in [0.5, 0.6) is 0 Å². The van der Waals surface area contributed by atoms with Crippen molar-refractivity contribution in [2.75, 3.05) is 18.9 Å². The molecule has 0 aliphatic heterocycles. The number of likely N-dealkylation sites (N-methyl/N-ethyl adjacent to an activating group) is 1. The van der Waals surface area contributed by atoms with Crippen molar-refractivity contribution in [1.82, 2.24) is 20.3 Å². The van der Waals surface area contributed by atoms with Crippen molar-refractivity contribution in [3.63, 3.8) is 0 Å². The topological polar surface area (TPSA) is 88.8 Å². The highest BCUT2D eigenvalue weighted by Gasteiger charge is 2.15. The number of fused-ring (bicyclic) bond motifs is 1. The van der Waals surface area contributed by atoms with Crippen molar-refractivity contribution in [2.45, 2.75) is 19.5 Å². The zero-order valence-corrected chi connectivity index (χ0v) is 15.0. The molecular formula is C18H21ClN6. The molecule has 1 atom stereocenters. The lowest BCUT2D eigenvalue weighted by Crippen LogP contribution is -2.24. The molecule has 1 aromatic carbocycles. The normalized spacial score (nSPS) is 12.3. The Hall–Kier alpha value is -2.28. The molecule has 6 nitrogen and oxygen atoms in total. The van der Waals surface area contributed by atoms with Gasteiger partial charge in [0, 0.05) is 24.3 Å². The highest BCUT2D eigenvalue weighted by molar-refractivity contribution is 6.31. The molecule has 0 saturated carbocycles. The van der Waals surface area contributed by atoms with Crippen LogP contribution in [0.1, 0.15) is 22.7 Å². The third-order valence-electron chi connectivity index (χ3n) is 4.13. The second-order valence-corrected chi connectivity index (χ2v) is 6.26. The third kappa shape index (κ3) is 3.71. The minimum atomic E-state index is 0.0161. The van der Waals surface area contributed by atoms with Crippen LogP contribution in [-0.4, -0.2) is 28.5 Å². The summed E-state index contributed by atoms with van der Waals surface area (Å²) in [6.07, 6.45) is 3.27. The van der Waals surface area contributed by atoms with Crippen LogP contribution in [0.2, 0.25) is 5.02 Å². The Balaban J connectivity index is 2.00. The standard InChI is InChI=1S/C18H21ClN6/c1-11-7-12(3-4-14(11)19)15(9-21-2)25-18-17-16(23-10-24-18)13(8-20)5-6-22-17/h3-7,10,15,21H,8-9,20H2,1-2H3,(H,23,24,25)/t15-/m1/s1. The predicted octanol–water partition coefficient (Wildman–Crippen LogP) is 2.82. The quantitative estimate of drug-likeness (QED) is 0.629. The molecule has 0 bridgehead atoms. The van der Waals surface area contributed by atoms with Gasteiger partial charge in [0.1, 0.15) is 11.8 Å². The average molecular weight is 357 g/mol. The molecule has 0 aliphatic carbocycles. The third-order valence-corrected chi connectivity index (χ3v) is 4.55. The smallest absolute Gasteiger partial charge is 0.156 e.